The van der Waals surface area contributed by atoms with Crippen molar-refractivity contribution >= 4 is 21.9 Å². The van der Waals surface area contributed by atoms with Gasteiger partial charge in [-0.05, 0) is 42.5 Å². The predicted molar refractivity (Wildman–Crippen MR) is 79.1 cm³/mol. The van der Waals surface area contributed by atoms with Crippen molar-refractivity contribution in [1.29, 1.82) is 0 Å². The van der Waals surface area contributed by atoms with Crippen molar-refractivity contribution in [1.82, 2.24) is 19.9 Å². The standard InChI is InChI=1S/2C8H6N2/c1-3-7-4-2-6-10-8(7)9-5-1;1-2-7-6-9-5-3-8(7)10-4-1/h2*1-6H. The Morgan fingerprint density at radius 1 is 0.600 bits per heavy atom. The molecule has 0 unspecified atom stereocenters. The summed E-state index contributed by atoms with van der Waals surface area (Å²) in [6.07, 6.45) is 8.82. The molecule has 0 spiro atoms. The molecule has 20 heavy (non-hydrogen) atoms. The molecule has 0 radical (unpaired) electrons. The second-order valence-corrected chi connectivity index (χ2v) is 4.13. The average Bonchev–Trinajstić information content (AvgIpc) is 2.56. The maximum Gasteiger partial charge on any atom is 0.159 e. The van der Waals surface area contributed by atoms with E-state index in [-0.39, 0.29) is 0 Å². The molecule has 0 saturated carbocycles. The van der Waals surface area contributed by atoms with E-state index in [0.717, 1.165) is 21.9 Å². The van der Waals surface area contributed by atoms with Crippen molar-refractivity contribution in [2.45, 2.75) is 0 Å². The van der Waals surface area contributed by atoms with Crippen LogP contribution in [-0.2, 0) is 0 Å². The van der Waals surface area contributed by atoms with Crippen LogP contribution < -0.4 is 0 Å². The number of aromatic nitrogens is 4. The van der Waals surface area contributed by atoms with Crippen molar-refractivity contribution in [3.63, 3.8) is 0 Å². The molecule has 0 aliphatic heterocycles. The first kappa shape index (κ1) is 12.2. The second kappa shape index (κ2) is 5.84. The second-order valence-electron chi connectivity index (χ2n) is 4.13. The molecular weight excluding hydrogens is 248 g/mol. The minimum atomic E-state index is 0.810. The van der Waals surface area contributed by atoms with E-state index in [1.54, 1.807) is 24.8 Å². The first-order chi connectivity index (χ1) is 9.93. The fourth-order valence-corrected chi connectivity index (χ4v) is 1.82. The predicted octanol–water partition coefficient (Wildman–Crippen LogP) is 3.26. The summed E-state index contributed by atoms with van der Waals surface area (Å²) in [5.41, 5.74) is 1.81. The van der Waals surface area contributed by atoms with Crippen LogP contribution >= 0.6 is 0 Å². The molecule has 4 heterocycles. The highest BCUT2D eigenvalue weighted by Crippen LogP contribution is 2.06. The van der Waals surface area contributed by atoms with Gasteiger partial charge in [0.05, 0.1) is 5.52 Å². The lowest BCUT2D eigenvalue weighted by Gasteiger charge is -1.90. The first-order valence-electron chi connectivity index (χ1n) is 6.24. The minimum absolute atomic E-state index is 0.810. The van der Waals surface area contributed by atoms with Crippen LogP contribution in [0.1, 0.15) is 0 Å². The Morgan fingerprint density at radius 3 is 1.90 bits per heavy atom. The van der Waals surface area contributed by atoms with Gasteiger partial charge in [-0.3, -0.25) is 9.97 Å². The zero-order valence-electron chi connectivity index (χ0n) is 10.7. The molecule has 0 aromatic carbocycles. The fraction of sp³-hybridized carbons (Fsp3) is 0. The number of pyridine rings is 4. The lowest BCUT2D eigenvalue weighted by atomic mass is 10.3. The normalized spacial score (nSPS) is 10.0. The summed E-state index contributed by atoms with van der Waals surface area (Å²) in [5, 5.41) is 2.18. The number of hydrogen-bond acceptors (Lipinski definition) is 4. The molecule has 0 saturated heterocycles. The van der Waals surface area contributed by atoms with Crippen molar-refractivity contribution < 1.29 is 0 Å². The quantitative estimate of drug-likeness (QED) is 0.487. The summed E-state index contributed by atoms with van der Waals surface area (Å²) in [6, 6.07) is 13.6. The number of rotatable bonds is 0. The van der Waals surface area contributed by atoms with Gasteiger partial charge in [-0.25, -0.2) is 9.97 Å². The fourth-order valence-electron chi connectivity index (χ4n) is 1.82. The SMILES string of the molecule is c1cnc2ccncc2c1.c1cnc2ncccc2c1. The Labute approximate surface area is 116 Å². The number of fused-ring (bicyclic) bond motifs is 2. The summed E-state index contributed by atoms with van der Waals surface area (Å²) < 4.78 is 0. The van der Waals surface area contributed by atoms with Crippen LogP contribution in [0.2, 0.25) is 0 Å². The zero-order chi connectivity index (χ0) is 13.6. The van der Waals surface area contributed by atoms with Crippen LogP contribution in [0.5, 0.6) is 0 Å². The third kappa shape index (κ3) is 2.75. The van der Waals surface area contributed by atoms with Crippen LogP contribution in [0.3, 0.4) is 0 Å². The van der Waals surface area contributed by atoms with Gasteiger partial charge >= 0.3 is 0 Å². The molecule has 4 heteroatoms. The highest BCUT2D eigenvalue weighted by atomic mass is 14.8. The number of hydrogen-bond donors (Lipinski definition) is 0. The lowest BCUT2D eigenvalue weighted by molar-refractivity contribution is 1.29. The Balaban J connectivity index is 0.000000121. The molecule has 4 aromatic heterocycles. The summed E-state index contributed by atoms with van der Waals surface area (Å²) in [4.78, 5) is 16.3. The van der Waals surface area contributed by atoms with E-state index in [1.165, 1.54) is 0 Å². The van der Waals surface area contributed by atoms with Crippen LogP contribution in [0.15, 0.2) is 73.4 Å². The van der Waals surface area contributed by atoms with E-state index >= 15 is 0 Å². The maximum atomic E-state index is 4.14. The highest BCUT2D eigenvalue weighted by Gasteiger charge is 1.88. The molecule has 0 amide bonds. The van der Waals surface area contributed by atoms with Gasteiger partial charge < -0.3 is 0 Å². The van der Waals surface area contributed by atoms with E-state index in [9.17, 15) is 0 Å². The summed E-state index contributed by atoms with van der Waals surface area (Å²) >= 11 is 0. The van der Waals surface area contributed by atoms with Crippen molar-refractivity contribution in [3.8, 4) is 0 Å². The van der Waals surface area contributed by atoms with E-state index in [0.29, 0.717) is 0 Å². The molecule has 4 aromatic rings. The van der Waals surface area contributed by atoms with Gasteiger partial charge in [-0.1, -0.05) is 0 Å². The van der Waals surface area contributed by atoms with E-state index in [1.807, 2.05) is 48.7 Å². The largest absolute Gasteiger partial charge is 0.264 e. The van der Waals surface area contributed by atoms with Gasteiger partial charge in [0.25, 0.3) is 0 Å². The van der Waals surface area contributed by atoms with Gasteiger partial charge in [0.1, 0.15) is 0 Å². The first-order valence-corrected chi connectivity index (χ1v) is 6.24. The summed E-state index contributed by atoms with van der Waals surface area (Å²) in [6.45, 7) is 0. The molecular formula is C16H12N4. The molecule has 0 atom stereocenters. The third-order valence-corrected chi connectivity index (χ3v) is 2.78. The molecule has 0 bridgehead atoms. The van der Waals surface area contributed by atoms with Crippen molar-refractivity contribution in [3.05, 3.63) is 73.4 Å². The van der Waals surface area contributed by atoms with E-state index < -0.39 is 0 Å². The Kier molecular flexibility index (Phi) is 3.55. The molecule has 4 nitrogen and oxygen atoms in total. The van der Waals surface area contributed by atoms with Crippen molar-refractivity contribution in [2.24, 2.45) is 0 Å². The van der Waals surface area contributed by atoms with Crippen LogP contribution in [0.25, 0.3) is 21.9 Å². The highest BCUT2D eigenvalue weighted by molar-refractivity contribution is 5.76. The molecule has 0 aliphatic carbocycles. The van der Waals surface area contributed by atoms with Crippen LogP contribution in [0, 0.1) is 0 Å². The van der Waals surface area contributed by atoms with Crippen LogP contribution in [0.4, 0.5) is 0 Å². The molecule has 0 aliphatic rings. The smallest absolute Gasteiger partial charge is 0.159 e. The van der Waals surface area contributed by atoms with Gasteiger partial charge in [0, 0.05) is 41.8 Å². The lowest BCUT2D eigenvalue weighted by Crippen LogP contribution is -1.78. The average molecular weight is 260 g/mol. The van der Waals surface area contributed by atoms with Gasteiger partial charge in [-0.15, -0.1) is 0 Å². The molecule has 96 valence electrons. The zero-order valence-corrected chi connectivity index (χ0v) is 10.7. The van der Waals surface area contributed by atoms with Gasteiger partial charge in [0.2, 0.25) is 0 Å². The Hall–Kier alpha value is -2.88. The maximum absolute atomic E-state index is 4.14. The Morgan fingerprint density at radius 2 is 1.25 bits per heavy atom. The minimum Gasteiger partial charge on any atom is -0.264 e. The van der Waals surface area contributed by atoms with E-state index in [4.69, 9.17) is 0 Å². The van der Waals surface area contributed by atoms with Gasteiger partial charge in [-0.2, -0.15) is 0 Å². The topological polar surface area (TPSA) is 51.6 Å². The van der Waals surface area contributed by atoms with Crippen LogP contribution in [-0.4, -0.2) is 19.9 Å². The molecule has 0 fully saturated rings. The summed E-state index contributed by atoms with van der Waals surface area (Å²) in [7, 11) is 0. The molecule has 0 N–H and O–H groups in total. The number of nitrogens with zero attached hydrogens (tertiary/aromatic N) is 4. The summed E-state index contributed by atoms with van der Waals surface area (Å²) in [5.74, 6) is 0. The Bertz CT molecular complexity index is 628. The monoisotopic (exact) mass is 260 g/mol. The third-order valence-electron chi connectivity index (χ3n) is 2.78. The van der Waals surface area contributed by atoms with Gasteiger partial charge in [0.15, 0.2) is 5.65 Å². The van der Waals surface area contributed by atoms with Crippen molar-refractivity contribution in [2.75, 3.05) is 0 Å². The molecule has 4 rings (SSSR count). The van der Waals surface area contributed by atoms with E-state index in [2.05, 4.69) is 19.9 Å².